The largest absolute Gasteiger partial charge is 0.466 e. The lowest BCUT2D eigenvalue weighted by Gasteiger charge is -2.24. The van der Waals surface area contributed by atoms with Crippen molar-refractivity contribution in [1.82, 2.24) is 0 Å². The SMILES string of the molecule is CCOC(=O)C[C@H](N)CC1CCCCC1. The summed E-state index contributed by atoms with van der Waals surface area (Å²) in [4.78, 5) is 11.2. The zero-order valence-electron chi connectivity index (χ0n) is 9.71. The highest BCUT2D eigenvalue weighted by Gasteiger charge is 2.18. The standard InChI is InChI=1S/C12H23NO2/c1-2-15-12(14)9-11(13)8-10-6-4-3-5-7-10/h10-11H,2-9,13H2,1H3/t11-/m1/s1. The Morgan fingerprint density at radius 1 is 1.40 bits per heavy atom. The van der Waals surface area contributed by atoms with Crippen molar-refractivity contribution in [2.24, 2.45) is 11.7 Å². The Bertz CT molecular complexity index is 188. The van der Waals surface area contributed by atoms with Gasteiger partial charge < -0.3 is 10.5 Å². The van der Waals surface area contributed by atoms with Gasteiger partial charge in [0.15, 0.2) is 0 Å². The molecule has 1 rings (SSSR count). The van der Waals surface area contributed by atoms with Gasteiger partial charge in [-0.1, -0.05) is 32.1 Å². The molecule has 2 N–H and O–H groups in total. The molecule has 0 unspecified atom stereocenters. The van der Waals surface area contributed by atoms with Crippen LogP contribution >= 0.6 is 0 Å². The molecular formula is C12H23NO2. The highest BCUT2D eigenvalue weighted by Crippen LogP contribution is 2.27. The molecule has 0 radical (unpaired) electrons. The number of carbonyl (C=O) groups excluding carboxylic acids is 1. The maximum absolute atomic E-state index is 11.2. The van der Waals surface area contributed by atoms with E-state index in [4.69, 9.17) is 10.5 Å². The summed E-state index contributed by atoms with van der Waals surface area (Å²) in [6, 6.07) is -0.00727. The number of carbonyl (C=O) groups is 1. The number of rotatable bonds is 5. The second-order valence-electron chi connectivity index (χ2n) is 4.51. The Morgan fingerprint density at radius 3 is 2.67 bits per heavy atom. The van der Waals surface area contributed by atoms with E-state index in [1.165, 1.54) is 32.1 Å². The topological polar surface area (TPSA) is 52.3 Å². The highest BCUT2D eigenvalue weighted by atomic mass is 16.5. The number of hydrogen-bond acceptors (Lipinski definition) is 3. The summed E-state index contributed by atoms with van der Waals surface area (Å²) in [5.74, 6) is 0.587. The van der Waals surface area contributed by atoms with E-state index in [1.54, 1.807) is 0 Å². The van der Waals surface area contributed by atoms with Gasteiger partial charge in [-0.3, -0.25) is 4.79 Å². The molecule has 0 aromatic rings. The van der Waals surface area contributed by atoms with Crippen molar-refractivity contribution < 1.29 is 9.53 Å². The Morgan fingerprint density at radius 2 is 2.07 bits per heavy atom. The summed E-state index contributed by atoms with van der Waals surface area (Å²) >= 11 is 0. The van der Waals surface area contributed by atoms with Gasteiger partial charge in [-0.05, 0) is 19.3 Å². The van der Waals surface area contributed by atoms with Crippen molar-refractivity contribution >= 4 is 5.97 Å². The third-order valence-electron chi connectivity index (χ3n) is 3.10. The fourth-order valence-electron chi connectivity index (χ4n) is 2.37. The molecule has 1 atom stereocenters. The normalized spacial score (nSPS) is 19.9. The number of esters is 1. The summed E-state index contributed by atoms with van der Waals surface area (Å²) in [6.07, 6.45) is 7.97. The van der Waals surface area contributed by atoms with Gasteiger partial charge in [-0.15, -0.1) is 0 Å². The predicted molar refractivity (Wildman–Crippen MR) is 60.4 cm³/mol. The van der Waals surface area contributed by atoms with Gasteiger partial charge in [0.1, 0.15) is 0 Å². The predicted octanol–water partition coefficient (Wildman–Crippen LogP) is 2.24. The summed E-state index contributed by atoms with van der Waals surface area (Å²) in [5.41, 5.74) is 5.93. The van der Waals surface area contributed by atoms with Crippen molar-refractivity contribution in [3.8, 4) is 0 Å². The second-order valence-corrected chi connectivity index (χ2v) is 4.51. The summed E-state index contributed by atoms with van der Waals surface area (Å²) < 4.78 is 4.88. The second kappa shape index (κ2) is 6.83. The van der Waals surface area contributed by atoms with Crippen LogP contribution in [0.15, 0.2) is 0 Å². The van der Waals surface area contributed by atoms with Crippen LogP contribution in [0.1, 0.15) is 51.9 Å². The Balaban J connectivity index is 2.16. The maximum atomic E-state index is 11.2. The molecule has 0 spiro atoms. The third-order valence-corrected chi connectivity index (χ3v) is 3.10. The van der Waals surface area contributed by atoms with E-state index in [1.807, 2.05) is 6.92 Å². The van der Waals surface area contributed by atoms with Gasteiger partial charge >= 0.3 is 5.97 Å². The minimum absolute atomic E-state index is 0.00727. The maximum Gasteiger partial charge on any atom is 0.307 e. The third kappa shape index (κ3) is 5.17. The van der Waals surface area contributed by atoms with Crippen LogP contribution in [0.25, 0.3) is 0 Å². The Hall–Kier alpha value is -0.570. The first kappa shape index (κ1) is 12.5. The van der Waals surface area contributed by atoms with Crippen molar-refractivity contribution in [3.05, 3.63) is 0 Å². The summed E-state index contributed by atoms with van der Waals surface area (Å²) in [5, 5.41) is 0. The molecule has 1 aliphatic rings. The fraction of sp³-hybridized carbons (Fsp3) is 0.917. The van der Waals surface area contributed by atoms with E-state index >= 15 is 0 Å². The van der Waals surface area contributed by atoms with Crippen LogP contribution < -0.4 is 5.73 Å². The van der Waals surface area contributed by atoms with E-state index in [2.05, 4.69) is 0 Å². The molecule has 15 heavy (non-hydrogen) atoms. The van der Waals surface area contributed by atoms with Crippen molar-refractivity contribution in [2.45, 2.75) is 57.9 Å². The lowest BCUT2D eigenvalue weighted by molar-refractivity contribution is -0.143. The molecule has 3 nitrogen and oxygen atoms in total. The van der Waals surface area contributed by atoms with Crippen LogP contribution in [-0.4, -0.2) is 18.6 Å². The van der Waals surface area contributed by atoms with Gasteiger partial charge in [0, 0.05) is 6.04 Å². The molecule has 0 heterocycles. The van der Waals surface area contributed by atoms with Crippen LogP contribution in [-0.2, 0) is 9.53 Å². The molecule has 3 heteroatoms. The Labute approximate surface area is 92.4 Å². The first-order valence-electron chi connectivity index (χ1n) is 6.13. The molecule has 0 amide bonds. The molecule has 1 aliphatic carbocycles. The summed E-state index contributed by atoms with van der Waals surface area (Å²) in [6.45, 7) is 2.28. The summed E-state index contributed by atoms with van der Waals surface area (Å²) in [7, 11) is 0. The lowest BCUT2D eigenvalue weighted by atomic mass is 9.84. The zero-order chi connectivity index (χ0) is 11.1. The smallest absolute Gasteiger partial charge is 0.307 e. The molecule has 0 saturated heterocycles. The number of nitrogens with two attached hydrogens (primary N) is 1. The van der Waals surface area contributed by atoms with Crippen molar-refractivity contribution in [2.75, 3.05) is 6.61 Å². The molecule has 0 aromatic heterocycles. The van der Waals surface area contributed by atoms with Crippen LogP contribution in [0.2, 0.25) is 0 Å². The van der Waals surface area contributed by atoms with Gasteiger partial charge in [0.25, 0.3) is 0 Å². The van der Waals surface area contributed by atoms with Gasteiger partial charge in [-0.25, -0.2) is 0 Å². The Kier molecular flexibility index (Phi) is 5.69. The fourth-order valence-corrected chi connectivity index (χ4v) is 2.37. The zero-order valence-corrected chi connectivity index (χ0v) is 9.71. The molecule has 88 valence electrons. The first-order chi connectivity index (χ1) is 7.22. The molecule has 1 fully saturated rings. The minimum Gasteiger partial charge on any atom is -0.466 e. The van der Waals surface area contributed by atoms with Crippen LogP contribution in [0, 0.1) is 5.92 Å². The van der Waals surface area contributed by atoms with E-state index < -0.39 is 0 Å². The quantitative estimate of drug-likeness (QED) is 0.712. The minimum atomic E-state index is -0.152. The van der Waals surface area contributed by atoms with Gasteiger partial charge in [0.2, 0.25) is 0 Å². The highest BCUT2D eigenvalue weighted by molar-refractivity contribution is 5.70. The number of ether oxygens (including phenoxy) is 1. The van der Waals surface area contributed by atoms with Crippen LogP contribution in [0.5, 0.6) is 0 Å². The molecule has 0 aromatic carbocycles. The van der Waals surface area contributed by atoms with Gasteiger partial charge in [-0.2, -0.15) is 0 Å². The number of hydrogen-bond donors (Lipinski definition) is 1. The van der Waals surface area contributed by atoms with Crippen molar-refractivity contribution in [3.63, 3.8) is 0 Å². The van der Waals surface area contributed by atoms with Crippen LogP contribution in [0.3, 0.4) is 0 Å². The lowest BCUT2D eigenvalue weighted by Crippen LogP contribution is -2.28. The first-order valence-corrected chi connectivity index (χ1v) is 6.13. The molecule has 0 aliphatic heterocycles. The van der Waals surface area contributed by atoms with Crippen molar-refractivity contribution in [1.29, 1.82) is 0 Å². The monoisotopic (exact) mass is 213 g/mol. The van der Waals surface area contributed by atoms with E-state index in [9.17, 15) is 4.79 Å². The molecule has 1 saturated carbocycles. The van der Waals surface area contributed by atoms with E-state index in [-0.39, 0.29) is 12.0 Å². The van der Waals surface area contributed by atoms with Crippen LogP contribution in [0.4, 0.5) is 0 Å². The van der Waals surface area contributed by atoms with E-state index in [0.717, 1.165) is 12.3 Å². The molecule has 0 bridgehead atoms. The average molecular weight is 213 g/mol. The van der Waals surface area contributed by atoms with E-state index in [0.29, 0.717) is 13.0 Å². The average Bonchev–Trinajstić information content (AvgIpc) is 2.19. The molecular weight excluding hydrogens is 190 g/mol. The van der Waals surface area contributed by atoms with Gasteiger partial charge in [0.05, 0.1) is 13.0 Å².